The second-order valence-corrected chi connectivity index (χ2v) is 6.47. The number of carbonyl (C=O) groups is 1. The SMILES string of the molecule is CCn1ccnc1[C@@H]1OCCC[C@H]1C(=O)N1CCn2c(n[nH]c2=O)C1. The van der Waals surface area contributed by atoms with Crippen molar-refractivity contribution >= 4 is 5.91 Å². The molecule has 2 aromatic rings. The second kappa shape index (κ2) is 6.47. The molecule has 4 heterocycles. The number of carbonyl (C=O) groups excluding carboxylic acids is 1. The molecule has 0 aromatic carbocycles. The highest BCUT2D eigenvalue weighted by Crippen LogP contribution is 2.34. The highest BCUT2D eigenvalue weighted by molar-refractivity contribution is 5.79. The van der Waals surface area contributed by atoms with Crippen molar-refractivity contribution in [3.8, 4) is 0 Å². The average Bonchev–Trinajstić information content (AvgIpc) is 3.27. The van der Waals surface area contributed by atoms with Crippen molar-refractivity contribution in [2.75, 3.05) is 13.2 Å². The maximum Gasteiger partial charge on any atom is 0.343 e. The first-order chi connectivity index (χ1) is 12.2. The van der Waals surface area contributed by atoms with Gasteiger partial charge in [0.05, 0.1) is 12.5 Å². The minimum Gasteiger partial charge on any atom is -0.369 e. The zero-order valence-electron chi connectivity index (χ0n) is 14.2. The standard InChI is InChI=1S/C16H22N6O3/c1-2-20-6-5-17-14(20)13-11(4-3-9-25-13)15(23)21-7-8-22-12(10-21)18-19-16(22)24/h5-6,11,13H,2-4,7-10H2,1H3,(H,19,24)/t11-,13-/m1/s1. The zero-order valence-corrected chi connectivity index (χ0v) is 14.2. The molecular weight excluding hydrogens is 324 g/mol. The molecule has 2 aliphatic rings. The van der Waals surface area contributed by atoms with Gasteiger partial charge in [0.2, 0.25) is 5.91 Å². The number of H-pyrrole nitrogens is 1. The lowest BCUT2D eigenvalue weighted by Gasteiger charge is -2.35. The summed E-state index contributed by atoms with van der Waals surface area (Å²) in [6.45, 7) is 4.81. The number of fused-ring (bicyclic) bond motifs is 1. The van der Waals surface area contributed by atoms with Gasteiger partial charge in [-0.2, -0.15) is 5.10 Å². The van der Waals surface area contributed by atoms with Crippen molar-refractivity contribution in [2.45, 2.75) is 45.5 Å². The van der Waals surface area contributed by atoms with E-state index in [1.165, 1.54) is 0 Å². The van der Waals surface area contributed by atoms with Crippen LogP contribution in [0.5, 0.6) is 0 Å². The van der Waals surface area contributed by atoms with Crippen molar-refractivity contribution in [3.63, 3.8) is 0 Å². The van der Waals surface area contributed by atoms with Crippen LogP contribution in [0.1, 0.15) is 37.5 Å². The van der Waals surface area contributed by atoms with Gasteiger partial charge in [0.25, 0.3) is 0 Å². The molecule has 2 aromatic heterocycles. The molecular formula is C16H22N6O3. The van der Waals surface area contributed by atoms with Crippen LogP contribution in [-0.2, 0) is 29.2 Å². The first-order valence-corrected chi connectivity index (χ1v) is 8.74. The molecule has 9 nitrogen and oxygen atoms in total. The van der Waals surface area contributed by atoms with E-state index < -0.39 is 0 Å². The topological polar surface area (TPSA) is 98.0 Å². The highest BCUT2D eigenvalue weighted by atomic mass is 16.5. The van der Waals surface area contributed by atoms with Gasteiger partial charge in [-0.15, -0.1) is 0 Å². The first-order valence-electron chi connectivity index (χ1n) is 8.74. The van der Waals surface area contributed by atoms with Crippen molar-refractivity contribution in [1.82, 2.24) is 29.2 Å². The van der Waals surface area contributed by atoms with Gasteiger partial charge in [0, 0.05) is 38.6 Å². The summed E-state index contributed by atoms with van der Waals surface area (Å²) >= 11 is 0. The molecule has 1 amide bonds. The average molecular weight is 346 g/mol. The number of hydrogen-bond donors (Lipinski definition) is 1. The number of rotatable bonds is 3. The molecule has 25 heavy (non-hydrogen) atoms. The van der Waals surface area contributed by atoms with Gasteiger partial charge in [0.1, 0.15) is 11.9 Å². The van der Waals surface area contributed by atoms with Gasteiger partial charge in [-0.05, 0) is 19.8 Å². The number of ether oxygens (including phenoxy) is 1. The van der Waals surface area contributed by atoms with E-state index in [1.54, 1.807) is 15.7 Å². The van der Waals surface area contributed by atoms with E-state index in [2.05, 4.69) is 15.2 Å². The highest BCUT2D eigenvalue weighted by Gasteiger charge is 2.39. The number of nitrogens with one attached hydrogen (secondary N) is 1. The quantitative estimate of drug-likeness (QED) is 0.862. The summed E-state index contributed by atoms with van der Waals surface area (Å²) in [4.78, 5) is 31.0. The minimum atomic E-state index is -0.320. The van der Waals surface area contributed by atoms with Gasteiger partial charge >= 0.3 is 5.69 Å². The van der Waals surface area contributed by atoms with Crippen LogP contribution in [0.2, 0.25) is 0 Å². The molecule has 0 unspecified atom stereocenters. The van der Waals surface area contributed by atoms with Crippen LogP contribution < -0.4 is 5.69 Å². The van der Waals surface area contributed by atoms with Crippen LogP contribution in [0.25, 0.3) is 0 Å². The predicted octanol–water partition coefficient (Wildman–Crippen LogP) is 0.298. The Hall–Kier alpha value is -2.42. The summed E-state index contributed by atoms with van der Waals surface area (Å²) in [6, 6.07) is 0. The molecule has 0 bridgehead atoms. The van der Waals surface area contributed by atoms with E-state index >= 15 is 0 Å². The van der Waals surface area contributed by atoms with Gasteiger partial charge in [-0.3, -0.25) is 9.36 Å². The normalized spacial score (nSPS) is 23.5. The summed E-state index contributed by atoms with van der Waals surface area (Å²) in [7, 11) is 0. The smallest absolute Gasteiger partial charge is 0.343 e. The zero-order chi connectivity index (χ0) is 17.4. The third-order valence-corrected chi connectivity index (χ3v) is 5.06. The molecule has 1 saturated heterocycles. The molecule has 0 radical (unpaired) electrons. The number of aromatic nitrogens is 5. The maximum absolute atomic E-state index is 13.2. The Morgan fingerprint density at radius 2 is 2.32 bits per heavy atom. The van der Waals surface area contributed by atoms with Crippen LogP contribution in [0.3, 0.4) is 0 Å². The molecule has 0 spiro atoms. The van der Waals surface area contributed by atoms with Crippen LogP contribution in [-0.4, -0.2) is 48.3 Å². The molecule has 2 atom stereocenters. The third kappa shape index (κ3) is 2.78. The summed E-state index contributed by atoms with van der Waals surface area (Å²) < 4.78 is 9.57. The van der Waals surface area contributed by atoms with E-state index in [9.17, 15) is 9.59 Å². The van der Waals surface area contributed by atoms with E-state index in [0.717, 1.165) is 25.2 Å². The van der Waals surface area contributed by atoms with E-state index in [4.69, 9.17) is 4.74 Å². The number of hydrogen-bond acceptors (Lipinski definition) is 5. The number of aromatic amines is 1. The van der Waals surface area contributed by atoms with Gasteiger partial charge in [-0.1, -0.05) is 0 Å². The summed E-state index contributed by atoms with van der Waals surface area (Å²) in [5.41, 5.74) is -0.217. The van der Waals surface area contributed by atoms with Gasteiger partial charge < -0.3 is 14.2 Å². The molecule has 9 heteroatoms. The van der Waals surface area contributed by atoms with E-state index in [1.807, 2.05) is 17.7 Å². The first kappa shape index (κ1) is 16.1. The lowest BCUT2D eigenvalue weighted by atomic mass is 9.91. The van der Waals surface area contributed by atoms with Crippen LogP contribution >= 0.6 is 0 Å². The molecule has 0 saturated carbocycles. The van der Waals surface area contributed by atoms with E-state index in [-0.39, 0.29) is 23.6 Å². The lowest BCUT2D eigenvalue weighted by Crippen LogP contribution is -2.46. The number of aryl methyl sites for hydroxylation is 1. The molecule has 4 rings (SSSR count). The molecule has 2 aliphatic heterocycles. The fraction of sp³-hybridized carbons (Fsp3) is 0.625. The van der Waals surface area contributed by atoms with Gasteiger partial charge in [0.15, 0.2) is 5.82 Å². The van der Waals surface area contributed by atoms with Crippen LogP contribution in [0.4, 0.5) is 0 Å². The van der Waals surface area contributed by atoms with Crippen molar-refractivity contribution in [3.05, 3.63) is 34.5 Å². The van der Waals surface area contributed by atoms with Crippen molar-refractivity contribution < 1.29 is 9.53 Å². The fourth-order valence-corrected chi connectivity index (χ4v) is 3.73. The Morgan fingerprint density at radius 3 is 3.16 bits per heavy atom. The fourth-order valence-electron chi connectivity index (χ4n) is 3.73. The largest absolute Gasteiger partial charge is 0.369 e. The number of amides is 1. The number of imidazole rings is 1. The maximum atomic E-state index is 13.2. The summed E-state index contributed by atoms with van der Waals surface area (Å²) in [5.74, 6) is 1.22. The second-order valence-electron chi connectivity index (χ2n) is 6.47. The number of nitrogens with zero attached hydrogens (tertiary/aromatic N) is 5. The van der Waals surface area contributed by atoms with Crippen LogP contribution in [0, 0.1) is 5.92 Å². The predicted molar refractivity (Wildman–Crippen MR) is 87.6 cm³/mol. The molecule has 1 N–H and O–H groups in total. The van der Waals surface area contributed by atoms with Crippen molar-refractivity contribution in [1.29, 1.82) is 0 Å². The Kier molecular flexibility index (Phi) is 4.16. The van der Waals surface area contributed by atoms with Crippen LogP contribution in [0.15, 0.2) is 17.2 Å². The Morgan fingerprint density at radius 1 is 1.44 bits per heavy atom. The van der Waals surface area contributed by atoms with E-state index in [0.29, 0.717) is 32.1 Å². The summed E-state index contributed by atoms with van der Waals surface area (Å²) in [6.07, 6.45) is 4.99. The Bertz CT molecular complexity index is 822. The molecule has 0 aliphatic carbocycles. The van der Waals surface area contributed by atoms with Gasteiger partial charge in [-0.25, -0.2) is 14.9 Å². The summed E-state index contributed by atoms with van der Waals surface area (Å²) in [5, 5.41) is 6.46. The van der Waals surface area contributed by atoms with Crippen molar-refractivity contribution in [2.24, 2.45) is 5.92 Å². The Balaban J connectivity index is 1.56. The monoisotopic (exact) mass is 346 g/mol. The molecule has 1 fully saturated rings. The Labute approximate surface area is 144 Å². The molecule has 134 valence electrons. The third-order valence-electron chi connectivity index (χ3n) is 5.06. The minimum absolute atomic E-state index is 0.0528. The lowest BCUT2D eigenvalue weighted by molar-refractivity contribution is -0.147.